The fourth-order valence-electron chi connectivity index (χ4n) is 4.81. The van der Waals surface area contributed by atoms with Crippen LogP contribution in [0.3, 0.4) is 0 Å². The minimum Gasteiger partial charge on any atom is -0.497 e. The first kappa shape index (κ1) is 21.7. The zero-order valence-electron chi connectivity index (χ0n) is 17.1. The Labute approximate surface area is 178 Å². The second kappa shape index (κ2) is 9.22. The van der Waals surface area contributed by atoms with Crippen LogP contribution in [0.4, 0.5) is 5.69 Å². The smallest absolute Gasteiger partial charge is 0.228 e. The maximum absolute atomic E-state index is 13.1. The summed E-state index contributed by atoms with van der Waals surface area (Å²) in [5.74, 6) is 2.43. The van der Waals surface area contributed by atoms with Gasteiger partial charge >= 0.3 is 0 Å². The maximum Gasteiger partial charge on any atom is 0.228 e. The van der Waals surface area contributed by atoms with Crippen LogP contribution < -0.4 is 19.7 Å². The van der Waals surface area contributed by atoms with Gasteiger partial charge < -0.3 is 24.6 Å². The van der Waals surface area contributed by atoms with Crippen molar-refractivity contribution in [2.45, 2.75) is 19.3 Å². The monoisotopic (exact) mass is 423 g/mol. The molecule has 4 rings (SSSR count). The normalized spacial score (nSPS) is 26.6. The van der Waals surface area contributed by atoms with Crippen molar-refractivity contribution >= 4 is 29.9 Å². The van der Waals surface area contributed by atoms with Crippen molar-refractivity contribution in [1.82, 2.24) is 10.2 Å². The van der Waals surface area contributed by atoms with E-state index in [0.717, 1.165) is 39.0 Å². The number of amides is 2. The minimum absolute atomic E-state index is 0. The number of hydrogen-bond donors (Lipinski definition) is 1. The second-order valence-corrected chi connectivity index (χ2v) is 8.02. The van der Waals surface area contributed by atoms with E-state index in [9.17, 15) is 9.59 Å². The Kier molecular flexibility index (Phi) is 6.90. The number of hydrogen-bond acceptors (Lipinski definition) is 5. The molecule has 0 bridgehead atoms. The highest BCUT2D eigenvalue weighted by molar-refractivity contribution is 6.01. The molecule has 7 nitrogen and oxygen atoms in total. The van der Waals surface area contributed by atoms with Crippen LogP contribution in [0, 0.1) is 17.8 Å². The molecular weight excluding hydrogens is 394 g/mol. The topological polar surface area (TPSA) is 71.1 Å². The highest BCUT2D eigenvalue weighted by atomic mass is 35.5. The molecule has 3 fully saturated rings. The summed E-state index contributed by atoms with van der Waals surface area (Å²) in [6.07, 6.45) is 2.37. The second-order valence-electron chi connectivity index (χ2n) is 8.02. The molecule has 0 saturated carbocycles. The summed E-state index contributed by atoms with van der Waals surface area (Å²) in [7, 11) is 3.17. The van der Waals surface area contributed by atoms with Crippen molar-refractivity contribution in [2.24, 2.45) is 17.8 Å². The lowest BCUT2D eigenvalue weighted by molar-refractivity contribution is -0.135. The molecule has 0 aromatic heterocycles. The molecule has 1 unspecified atom stereocenters. The molecule has 0 aliphatic carbocycles. The number of carbonyl (C=O) groups is 2. The molecule has 3 aliphatic rings. The maximum atomic E-state index is 13.1. The summed E-state index contributed by atoms with van der Waals surface area (Å²) < 4.78 is 10.7. The number of benzene rings is 1. The third-order valence-corrected chi connectivity index (χ3v) is 6.48. The quantitative estimate of drug-likeness (QED) is 0.801. The molecule has 3 aliphatic heterocycles. The van der Waals surface area contributed by atoms with E-state index in [4.69, 9.17) is 9.47 Å². The number of halogens is 1. The van der Waals surface area contributed by atoms with Crippen molar-refractivity contribution < 1.29 is 19.1 Å². The van der Waals surface area contributed by atoms with Gasteiger partial charge in [-0.1, -0.05) is 0 Å². The number of carbonyl (C=O) groups excluding carboxylic acids is 2. The van der Waals surface area contributed by atoms with Gasteiger partial charge in [0.2, 0.25) is 11.8 Å². The van der Waals surface area contributed by atoms with Crippen LogP contribution in [0.25, 0.3) is 0 Å². The van der Waals surface area contributed by atoms with Gasteiger partial charge in [0.05, 0.1) is 25.8 Å². The van der Waals surface area contributed by atoms with Crippen LogP contribution in [-0.4, -0.2) is 63.7 Å². The van der Waals surface area contributed by atoms with Gasteiger partial charge in [-0.15, -0.1) is 12.4 Å². The number of methoxy groups -OCH3 is 2. The van der Waals surface area contributed by atoms with Gasteiger partial charge in [0.25, 0.3) is 0 Å². The van der Waals surface area contributed by atoms with Crippen molar-refractivity contribution in [2.75, 3.05) is 51.8 Å². The van der Waals surface area contributed by atoms with Gasteiger partial charge in [0.15, 0.2) is 0 Å². The molecule has 0 radical (unpaired) electrons. The first-order valence-corrected chi connectivity index (χ1v) is 10.1. The summed E-state index contributed by atoms with van der Waals surface area (Å²) in [4.78, 5) is 29.5. The minimum atomic E-state index is -0.282. The summed E-state index contributed by atoms with van der Waals surface area (Å²) in [6.45, 7) is 4.15. The third kappa shape index (κ3) is 4.31. The van der Waals surface area contributed by atoms with Gasteiger partial charge in [0, 0.05) is 32.1 Å². The summed E-state index contributed by atoms with van der Waals surface area (Å²) in [6, 6.07) is 5.39. The number of anilines is 1. The molecule has 0 spiro atoms. The first-order chi connectivity index (χ1) is 13.6. The van der Waals surface area contributed by atoms with E-state index in [1.807, 2.05) is 17.0 Å². The van der Waals surface area contributed by atoms with Crippen molar-refractivity contribution in [3.05, 3.63) is 18.2 Å². The predicted molar refractivity (Wildman–Crippen MR) is 113 cm³/mol. The lowest BCUT2D eigenvalue weighted by Gasteiger charge is -2.25. The van der Waals surface area contributed by atoms with Gasteiger partial charge in [-0.05, 0) is 49.9 Å². The highest BCUT2D eigenvalue weighted by Crippen LogP contribution is 2.36. The molecule has 160 valence electrons. The highest BCUT2D eigenvalue weighted by Gasteiger charge is 2.39. The Morgan fingerprint density at radius 1 is 1.10 bits per heavy atom. The van der Waals surface area contributed by atoms with Crippen LogP contribution in [-0.2, 0) is 9.59 Å². The molecular formula is C21H30ClN3O4. The number of rotatable bonds is 4. The van der Waals surface area contributed by atoms with Gasteiger partial charge in [-0.2, -0.15) is 0 Å². The molecule has 1 aromatic carbocycles. The average Bonchev–Trinajstić information content (AvgIpc) is 3.28. The molecule has 1 N–H and O–H groups in total. The summed E-state index contributed by atoms with van der Waals surface area (Å²) in [5.41, 5.74) is 0.695. The van der Waals surface area contributed by atoms with E-state index in [-0.39, 0.29) is 36.6 Å². The van der Waals surface area contributed by atoms with Crippen LogP contribution >= 0.6 is 12.4 Å². The van der Waals surface area contributed by atoms with E-state index >= 15 is 0 Å². The molecule has 2 amide bonds. The van der Waals surface area contributed by atoms with Gasteiger partial charge in [-0.25, -0.2) is 0 Å². The Balaban J connectivity index is 0.00000240. The van der Waals surface area contributed by atoms with E-state index < -0.39 is 0 Å². The molecule has 29 heavy (non-hydrogen) atoms. The Hall–Kier alpha value is -1.99. The molecule has 1 aromatic rings. The fraction of sp³-hybridized carbons (Fsp3) is 0.619. The van der Waals surface area contributed by atoms with Crippen LogP contribution in [0.15, 0.2) is 18.2 Å². The summed E-state index contributed by atoms with van der Waals surface area (Å²) >= 11 is 0. The summed E-state index contributed by atoms with van der Waals surface area (Å²) in [5, 5.41) is 3.46. The predicted octanol–water partition coefficient (Wildman–Crippen LogP) is 1.94. The Morgan fingerprint density at radius 3 is 2.41 bits per heavy atom. The van der Waals surface area contributed by atoms with Crippen molar-refractivity contribution in [3.63, 3.8) is 0 Å². The SMILES string of the molecule is COc1ccc(N2CC(C(=O)N3CC[C@@H]4CNC[C@@H]4CC3)CC2=O)c(OC)c1.Cl. The number of fused-ring (bicyclic) bond motifs is 1. The fourth-order valence-corrected chi connectivity index (χ4v) is 4.81. The van der Waals surface area contributed by atoms with Crippen molar-refractivity contribution in [1.29, 1.82) is 0 Å². The molecule has 3 saturated heterocycles. The first-order valence-electron chi connectivity index (χ1n) is 10.1. The van der Waals surface area contributed by atoms with Crippen LogP contribution in [0.1, 0.15) is 19.3 Å². The Bertz CT molecular complexity index is 745. The number of nitrogens with one attached hydrogen (secondary N) is 1. The van der Waals surface area contributed by atoms with Gasteiger partial charge in [0.1, 0.15) is 11.5 Å². The lowest BCUT2D eigenvalue weighted by atomic mass is 9.92. The molecule has 8 heteroatoms. The van der Waals surface area contributed by atoms with Crippen LogP contribution in [0.5, 0.6) is 11.5 Å². The third-order valence-electron chi connectivity index (χ3n) is 6.48. The number of likely N-dealkylation sites (tertiary alicyclic amines) is 1. The average molecular weight is 424 g/mol. The van der Waals surface area contributed by atoms with E-state index in [1.165, 1.54) is 0 Å². The van der Waals surface area contributed by atoms with Gasteiger partial charge in [-0.3, -0.25) is 9.59 Å². The number of nitrogens with zero attached hydrogens (tertiary/aromatic N) is 2. The molecule has 3 heterocycles. The van der Waals surface area contributed by atoms with E-state index in [0.29, 0.717) is 35.6 Å². The zero-order chi connectivity index (χ0) is 19.7. The van der Waals surface area contributed by atoms with E-state index in [2.05, 4.69) is 5.32 Å². The standard InChI is InChI=1S/C21H29N3O4.ClH/c1-27-17-3-4-18(19(10-17)28-2)24-13-16(9-20(24)25)21(26)23-7-5-14-11-22-12-15(14)6-8-23;/h3-4,10,14-16,22H,5-9,11-13H2,1-2H3;1H/t14-,15+,16?;. The van der Waals surface area contributed by atoms with Crippen molar-refractivity contribution in [3.8, 4) is 11.5 Å². The zero-order valence-corrected chi connectivity index (χ0v) is 17.9. The molecule has 3 atom stereocenters. The largest absolute Gasteiger partial charge is 0.497 e. The van der Waals surface area contributed by atoms with Crippen LogP contribution in [0.2, 0.25) is 0 Å². The number of ether oxygens (including phenoxy) is 2. The lowest BCUT2D eigenvalue weighted by Crippen LogP contribution is -2.38. The van der Waals surface area contributed by atoms with E-state index in [1.54, 1.807) is 25.2 Å². The Morgan fingerprint density at radius 2 is 1.79 bits per heavy atom.